The number of hydrogen-bond acceptors (Lipinski definition) is 6. The standard InChI is InChI=1S/C24H23ClN2O6S/c1-3-33-24(29)17-5-4-6-19(15-17)26-23(28)16-27(20-9-7-18(25)8-10-20)34(30,31)22-13-11-21(32-2)12-14-22/h4-15H,3,16H2,1-2H3,(H,26,28). The van der Waals surface area contributed by atoms with Crippen molar-refractivity contribution in [3.05, 3.63) is 83.4 Å². The Kier molecular flexibility index (Phi) is 8.14. The fourth-order valence-corrected chi connectivity index (χ4v) is 4.61. The molecule has 0 fully saturated rings. The third kappa shape index (κ3) is 6.06. The van der Waals surface area contributed by atoms with E-state index in [2.05, 4.69) is 5.32 Å². The number of esters is 1. The number of halogens is 1. The predicted octanol–water partition coefficient (Wildman–Crippen LogP) is 4.36. The summed E-state index contributed by atoms with van der Waals surface area (Å²) in [4.78, 5) is 24.8. The molecule has 0 spiro atoms. The van der Waals surface area contributed by atoms with E-state index in [0.29, 0.717) is 16.5 Å². The lowest BCUT2D eigenvalue weighted by Gasteiger charge is -2.24. The molecule has 0 aliphatic heterocycles. The zero-order valence-corrected chi connectivity index (χ0v) is 20.1. The summed E-state index contributed by atoms with van der Waals surface area (Å²) in [6.07, 6.45) is 0. The van der Waals surface area contributed by atoms with E-state index < -0.39 is 28.4 Å². The van der Waals surface area contributed by atoms with Crippen LogP contribution in [0, 0.1) is 0 Å². The summed E-state index contributed by atoms with van der Waals surface area (Å²) in [5.41, 5.74) is 0.851. The van der Waals surface area contributed by atoms with Crippen LogP contribution in [-0.4, -0.2) is 40.6 Å². The number of anilines is 2. The highest BCUT2D eigenvalue weighted by Gasteiger charge is 2.27. The molecule has 0 heterocycles. The molecule has 0 unspecified atom stereocenters. The van der Waals surface area contributed by atoms with E-state index in [1.807, 2.05) is 0 Å². The number of benzene rings is 3. The highest BCUT2D eigenvalue weighted by molar-refractivity contribution is 7.92. The van der Waals surface area contributed by atoms with E-state index in [0.717, 1.165) is 4.31 Å². The number of sulfonamides is 1. The van der Waals surface area contributed by atoms with Gasteiger partial charge in [0, 0.05) is 10.7 Å². The second-order valence-electron chi connectivity index (χ2n) is 7.01. The minimum atomic E-state index is -4.11. The highest BCUT2D eigenvalue weighted by atomic mass is 35.5. The smallest absolute Gasteiger partial charge is 0.338 e. The fourth-order valence-electron chi connectivity index (χ4n) is 3.07. The van der Waals surface area contributed by atoms with Crippen molar-refractivity contribution >= 4 is 44.9 Å². The minimum Gasteiger partial charge on any atom is -0.497 e. The molecule has 3 aromatic carbocycles. The van der Waals surface area contributed by atoms with Gasteiger partial charge in [0.1, 0.15) is 12.3 Å². The minimum absolute atomic E-state index is 0.0136. The molecule has 0 aromatic heterocycles. The first-order chi connectivity index (χ1) is 16.2. The Labute approximate surface area is 203 Å². The third-order valence-corrected chi connectivity index (χ3v) is 6.75. The second-order valence-corrected chi connectivity index (χ2v) is 9.31. The van der Waals surface area contributed by atoms with Crippen LogP contribution >= 0.6 is 11.6 Å². The van der Waals surface area contributed by atoms with E-state index in [4.69, 9.17) is 21.1 Å². The lowest BCUT2D eigenvalue weighted by molar-refractivity contribution is -0.114. The quantitative estimate of drug-likeness (QED) is 0.436. The second kappa shape index (κ2) is 11.0. The van der Waals surface area contributed by atoms with E-state index in [1.165, 1.54) is 61.7 Å². The first-order valence-corrected chi connectivity index (χ1v) is 12.1. The van der Waals surface area contributed by atoms with Gasteiger partial charge in [-0.25, -0.2) is 13.2 Å². The zero-order valence-electron chi connectivity index (χ0n) is 18.5. The summed E-state index contributed by atoms with van der Waals surface area (Å²) in [5, 5.41) is 3.06. The zero-order chi connectivity index (χ0) is 24.7. The molecule has 34 heavy (non-hydrogen) atoms. The van der Waals surface area contributed by atoms with Crippen molar-refractivity contribution in [2.45, 2.75) is 11.8 Å². The van der Waals surface area contributed by atoms with Gasteiger partial charge in [-0.15, -0.1) is 0 Å². The van der Waals surface area contributed by atoms with Gasteiger partial charge in [0.15, 0.2) is 0 Å². The lowest BCUT2D eigenvalue weighted by atomic mass is 10.2. The Balaban J connectivity index is 1.89. The Hall–Kier alpha value is -3.56. The number of rotatable bonds is 9. The van der Waals surface area contributed by atoms with Gasteiger partial charge in [0.2, 0.25) is 5.91 Å². The molecule has 0 saturated heterocycles. The van der Waals surface area contributed by atoms with Crippen molar-refractivity contribution in [3.8, 4) is 5.75 Å². The number of nitrogens with one attached hydrogen (secondary N) is 1. The third-order valence-electron chi connectivity index (χ3n) is 4.71. The van der Waals surface area contributed by atoms with Gasteiger partial charge < -0.3 is 14.8 Å². The Bertz CT molecular complexity index is 1260. The molecule has 0 bridgehead atoms. The fraction of sp³-hybridized carbons (Fsp3) is 0.167. The Morgan fingerprint density at radius 3 is 2.29 bits per heavy atom. The van der Waals surface area contributed by atoms with Crippen LogP contribution in [0.4, 0.5) is 11.4 Å². The van der Waals surface area contributed by atoms with Gasteiger partial charge in [0.25, 0.3) is 10.0 Å². The average Bonchev–Trinajstić information content (AvgIpc) is 2.83. The molecule has 3 rings (SSSR count). The molecule has 10 heteroatoms. The Morgan fingerprint density at radius 1 is 1.00 bits per heavy atom. The summed E-state index contributed by atoms with van der Waals surface area (Å²) in [6, 6.07) is 18.1. The molecule has 0 radical (unpaired) electrons. The Morgan fingerprint density at radius 2 is 1.68 bits per heavy atom. The molecule has 0 saturated carbocycles. The molecule has 0 atom stereocenters. The van der Waals surface area contributed by atoms with E-state index >= 15 is 0 Å². The lowest BCUT2D eigenvalue weighted by Crippen LogP contribution is -2.38. The first kappa shape index (κ1) is 25.1. The van der Waals surface area contributed by atoms with Crippen LogP contribution < -0.4 is 14.4 Å². The number of methoxy groups -OCH3 is 1. The predicted molar refractivity (Wildman–Crippen MR) is 130 cm³/mol. The van der Waals surface area contributed by atoms with Crippen LogP contribution in [0.25, 0.3) is 0 Å². The van der Waals surface area contributed by atoms with Crippen molar-refractivity contribution in [2.24, 2.45) is 0 Å². The monoisotopic (exact) mass is 502 g/mol. The SMILES string of the molecule is CCOC(=O)c1cccc(NC(=O)CN(c2ccc(Cl)cc2)S(=O)(=O)c2ccc(OC)cc2)c1. The van der Waals surface area contributed by atoms with Crippen molar-refractivity contribution in [1.29, 1.82) is 0 Å². The highest BCUT2D eigenvalue weighted by Crippen LogP contribution is 2.26. The average molecular weight is 503 g/mol. The number of nitrogens with zero attached hydrogens (tertiary/aromatic N) is 1. The molecule has 8 nitrogen and oxygen atoms in total. The molecule has 3 aromatic rings. The summed E-state index contributed by atoms with van der Waals surface area (Å²) in [6.45, 7) is 1.40. The topological polar surface area (TPSA) is 102 Å². The maximum Gasteiger partial charge on any atom is 0.338 e. The van der Waals surface area contributed by atoms with Gasteiger partial charge in [-0.1, -0.05) is 17.7 Å². The van der Waals surface area contributed by atoms with Gasteiger partial charge in [-0.05, 0) is 73.7 Å². The molecular formula is C24H23ClN2O6S. The van der Waals surface area contributed by atoms with Crippen molar-refractivity contribution in [2.75, 3.05) is 29.9 Å². The number of amides is 1. The van der Waals surface area contributed by atoms with Gasteiger partial charge in [0.05, 0.1) is 29.9 Å². The van der Waals surface area contributed by atoms with Gasteiger partial charge >= 0.3 is 5.97 Å². The maximum atomic E-state index is 13.4. The van der Waals surface area contributed by atoms with Crippen LogP contribution in [0.3, 0.4) is 0 Å². The molecule has 178 valence electrons. The van der Waals surface area contributed by atoms with Gasteiger partial charge in [-0.3, -0.25) is 9.10 Å². The summed E-state index contributed by atoms with van der Waals surface area (Å²) in [5.74, 6) is -0.632. The molecule has 0 aliphatic carbocycles. The molecule has 1 N–H and O–H groups in total. The number of ether oxygens (including phenoxy) is 2. The van der Waals surface area contributed by atoms with E-state index in [9.17, 15) is 18.0 Å². The molecule has 1 amide bonds. The molecular weight excluding hydrogens is 480 g/mol. The number of carbonyl (C=O) groups is 2. The largest absolute Gasteiger partial charge is 0.497 e. The van der Waals surface area contributed by atoms with Crippen LogP contribution in [0.1, 0.15) is 17.3 Å². The van der Waals surface area contributed by atoms with Crippen LogP contribution in [0.15, 0.2) is 77.7 Å². The van der Waals surface area contributed by atoms with Gasteiger partial charge in [-0.2, -0.15) is 0 Å². The summed E-state index contributed by atoms with van der Waals surface area (Å²) < 4.78 is 37.9. The number of hydrogen-bond donors (Lipinski definition) is 1. The van der Waals surface area contributed by atoms with E-state index in [-0.39, 0.29) is 22.8 Å². The van der Waals surface area contributed by atoms with E-state index in [1.54, 1.807) is 25.1 Å². The van der Waals surface area contributed by atoms with Crippen LogP contribution in [0.2, 0.25) is 5.02 Å². The van der Waals surface area contributed by atoms with Crippen LogP contribution in [0.5, 0.6) is 5.75 Å². The van der Waals surface area contributed by atoms with Crippen molar-refractivity contribution in [1.82, 2.24) is 0 Å². The maximum absolute atomic E-state index is 13.4. The molecule has 0 aliphatic rings. The normalized spacial score (nSPS) is 10.9. The number of carbonyl (C=O) groups excluding carboxylic acids is 2. The first-order valence-electron chi connectivity index (χ1n) is 10.2. The summed E-state index contributed by atoms with van der Waals surface area (Å²) in [7, 11) is -2.63. The van der Waals surface area contributed by atoms with Crippen molar-refractivity contribution < 1.29 is 27.5 Å². The van der Waals surface area contributed by atoms with Crippen molar-refractivity contribution in [3.63, 3.8) is 0 Å². The summed E-state index contributed by atoms with van der Waals surface area (Å²) >= 11 is 5.96. The van der Waals surface area contributed by atoms with Crippen LogP contribution in [-0.2, 0) is 19.6 Å².